The van der Waals surface area contributed by atoms with Gasteiger partial charge in [0, 0.05) is 17.2 Å². The van der Waals surface area contributed by atoms with Gasteiger partial charge in [-0.3, -0.25) is 14.5 Å². The minimum Gasteiger partial charge on any atom is -0.473 e. The summed E-state index contributed by atoms with van der Waals surface area (Å²) in [5.74, 6) is -0.977. The van der Waals surface area contributed by atoms with E-state index in [0.29, 0.717) is 23.3 Å². The molecule has 1 N–H and O–H groups in total. The number of carbonyl (C=O) groups is 3. The van der Waals surface area contributed by atoms with Crippen LogP contribution in [0.4, 0.5) is 10.5 Å². The van der Waals surface area contributed by atoms with Crippen LogP contribution in [0.25, 0.3) is 0 Å². The van der Waals surface area contributed by atoms with Gasteiger partial charge in [-0.2, -0.15) is 0 Å². The lowest BCUT2D eigenvalue weighted by molar-refractivity contribution is -0.123. The fourth-order valence-electron chi connectivity index (χ4n) is 3.98. The number of para-hydroxylation sites is 1. The fraction of sp³-hybridized carbons (Fsp3) is 0.286. The molecule has 3 amide bonds. The molecule has 1 aromatic rings. The summed E-state index contributed by atoms with van der Waals surface area (Å²) in [5.41, 5.74) is 2.36. The number of hydrogen-bond acceptors (Lipinski definition) is 4. The standard InChI is InChI=1S/C21H20N2O5/c1-12-13(2)20(22(18(12)24)14-7-4-3-5-8-14)28-11-16-15-9-6-10-17(15)23(19(16)25)21(26)27/h3-8,10-11,15,17,20H,9H2,1-2H3,(H,26,27). The van der Waals surface area contributed by atoms with Gasteiger partial charge in [-0.05, 0) is 38.0 Å². The molecule has 0 aromatic heterocycles. The summed E-state index contributed by atoms with van der Waals surface area (Å²) in [6.45, 7) is 3.56. The Morgan fingerprint density at radius 1 is 1.18 bits per heavy atom. The lowest BCUT2D eigenvalue weighted by atomic mass is 9.98. The van der Waals surface area contributed by atoms with E-state index in [9.17, 15) is 19.5 Å². The molecule has 3 unspecified atom stereocenters. The molecular weight excluding hydrogens is 360 g/mol. The van der Waals surface area contributed by atoms with E-state index >= 15 is 0 Å². The van der Waals surface area contributed by atoms with E-state index in [2.05, 4.69) is 0 Å². The molecule has 3 atom stereocenters. The number of likely N-dealkylation sites (tertiary alicyclic amines) is 1. The summed E-state index contributed by atoms with van der Waals surface area (Å²) in [7, 11) is 0. The van der Waals surface area contributed by atoms with Crippen molar-refractivity contribution in [1.82, 2.24) is 4.90 Å². The molecule has 144 valence electrons. The molecular formula is C21H20N2O5. The molecule has 1 aliphatic carbocycles. The maximum absolute atomic E-state index is 12.7. The van der Waals surface area contributed by atoms with Gasteiger partial charge in [-0.1, -0.05) is 30.4 Å². The molecule has 2 aliphatic heterocycles. The van der Waals surface area contributed by atoms with E-state index < -0.39 is 24.3 Å². The summed E-state index contributed by atoms with van der Waals surface area (Å²) in [4.78, 5) is 39.2. The maximum Gasteiger partial charge on any atom is 0.414 e. The predicted molar refractivity (Wildman–Crippen MR) is 101 cm³/mol. The molecule has 7 nitrogen and oxygen atoms in total. The number of carbonyl (C=O) groups excluding carboxylic acids is 2. The van der Waals surface area contributed by atoms with Crippen LogP contribution in [0.15, 0.2) is 65.5 Å². The van der Waals surface area contributed by atoms with Crippen molar-refractivity contribution in [2.45, 2.75) is 32.5 Å². The number of benzene rings is 1. The molecule has 1 saturated heterocycles. The summed E-state index contributed by atoms with van der Waals surface area (Å²) in [6, 6.07) is 8.67. The molecule has 0 radical (unpaired) electrons. The first kappa shape index (κ1) is 18.0. The van der Waals surface area contributed by atoms with Gasteiger partial charge >= 0.3 is 6.09 Å². The number of amides is 3. The third-order valence-corrected chi connectivity index (χ3v) is 5.60. The van der Waals surface area contributed by atoms with Crippen molar-refractivity contribution < 1.29 is 24.2 Å². The van der Waals surface area contributed by atoms with Gasteiger partial charge in [0.25, 0.3) is 11.8 Å². The van der Waals surface area contributed by atoms with Crippen molar-refractivity contribution in [3.05, 3.63) is 65.5 Å². The Morgan fingerprint density at radius 3 is 2.57 bits per heavy atom. The van der Waals surface area contributed by atoms with E-state index in [1.165, 1.54) is 6.26 Å². The largest absolute Gasteiger partial charge is 0.473 e. The topological polar surface area (TPSA) is 87.2 Å². The number of nitrogens with zero attached hydrogens (tertiary/aromatic N) is 2. The van der Waals surface area contributed by atoms with E-state index in [0.717, 1.165) is 10.5 Å². The highest BCUT2D eigenvalue weighted by Crippen LogP contribution is 2.39. The Kier molecular flexibility index (Phi) is 4.30. The van der Waals surface area contributed by atoms with Crippen molar-refractivity contribution >= 4 is 23.6 Å². The molecule has 1 aromatic carbocycles. The quantitative estimate of drug-likeness (QED) is 0.495. The number of imide groups is 1. The van der Waals surface area contributed by atoms with Gasteiger partial charge in [-0.15, -0.1) is 0 Å². The molecule has 28 heavy (non-hydrogen) atoms. The van der Waals surface area contributed by atoms with Gasteiger partial charge in [0.15, 0.2) is 0 Å². The molecule has 2 heterocycles. The Hall–Kier alpha value is -3.35. The first-order valence-electron chi connectivity index (χ1n) is 9.06. The normalized spacial score (nSPS) is 27.9. The number of ether oxygens (including phenoxy) is 1. The van der Waals surface area contributed by atoms with E-state index in [-0.39, 0.29) is 11.8 Å². The first-order valence-corrected chi connectivity index (χ1v) is 9.06. The Bertz CT molecular complexity index is 947. The van der Waals surface area contributed by atoms with Crippen LogP contribution in [0.1, 0.15) is 20.3 Å². The second-order valence-corrected chi connectivity index (χ2v) is 7.10. The van der Waals surface area contributed by atoms with Crippen LogP contribution in [-0.4, -0.2) is 40.2 Å². The number of hydrogen-bond donors (Lipinski definition) is 1. The fourth-order valence-corrected chi connectivity index (χ4v) is 3.98. The number of allylic oxidation sites excluding steroid dienone is 1. The molecule has 0 spiro atoms. The van der Waals surface area contributed by atoms with Gasteiger partial charge in [0.2, 0.25) is 6.23 Å². The summed E-state index contributed by atoms with van der Waals surface area (Å²) in [5, 5.41) is 9.37. The van der Waals surface area contributed by atoms with Crippen LogP contribution in [0.5, 0.6) is 0 Å². The average Bonchev–Trinajstić information content (AvgIpc) is 3.29. The molecule has 4 rings (SSSR count). The highest BCUT2D eigenvalue weighted by atomic mass is 16.5. The second kappa shape index (κ2) is 6.67. The summed E-state index contributed by atoms with van der Waals surface area (Å²) in [6.07, 6.45) is 3.57. The third-order valence-electron chi connectivity index (χ3n) is 5.60. The van der Waals surface area contributed by atoms with Crippen LogP contribution in [-0.2, 0) is 14.3 Å². The lowest BCUT2D eigenvalue weighted by Crippen LogP contribution is -2.37. The third kappa shape index (κ3) is 2.62. The zero-order chi connectivity index (χ0) is 20.0. The van der Waals surface area contributed by atoms with Crippen molar-refractivity contribution in [1.29, 1.82) is 0 Å². The Balaban J connectivity index is 1.65. The average molecular weight is 380 g/mol. The molecule has 1 fully saturated rings. The van der Waals surface area contributed by atoms with Crippen LogP contribution in [0, 0.1) is 5.92 Å². The SMILES string of the molecule is CC1=C(C)C(OC=C2C(=O)N(C(=O)O)C3C=CCC23)N(c2ccccc2)C1=O. The minimum atomic E-state index is -1.27. The van der Waals surface area contributed by atoms with Crippen LogP contribution < -0.4 is 4.90 Å². The first-order chi connectivity index (χ1) is 13.4. The van der Waals surface area contributed by atoms with Crippen LogP contribution in [0.2, 0.25) is 0 Å². The summed E-state index contributed by atoms with van der Waals surface area (Å²) >= 11 is 0. The van der Waals surface area contributed by atoms with Crippen molar-refractivity contribution in [2.75, 3.05) is 4.90 Å². The molecule has 0 saturated carbocycles. The monoisotopic (exact) mass is 380 g/mol. The highest BCUT2D eigenvalue weighted by molar-refractivity contribution is 6.09. The van der Waals surface area contributed by atoms with E-state index in [1.807, 2.05) is 43.3 Å². The van der Waals surface area contributed by atoms with Gasteiger partial charge in [0.05, 0.1) is 17.9 Å². The summed E-state index contributed by atoms with van der Waals surface area (Å²) < 4.78 is 5.93. The number of anilines is 1. The Labute approximate surface area is 162 Å². The van der Waals surface area contributed by atoms with Crippen LogP contribution in [0.3, 0.4) is 0 Å². The van der Waals surface area contributed by atoms with Gasteiger partial charge < -0.3 is 9.84 Å². The second-order valence-electron chi connectivity index (χ2n) is 7.10. The molecule has 0 bridgehead atoms. The van der Waals surface area contributed by atoms with Crippen molar-refractivity contribution in [3.8, 4) is 0 Å². The van der Waals surface area contributed by atoms with Gasteiger partial charge in [-0.25, -0.2) is 9.69 Å². The number of carboxylic acid groups (broad SMARTS) is 1. The van der Waals surface area contributed by atoms with E-state index in [4.69, 9.17) is 4.74 Å². The number of fused-ring (bicyclic) bond motifs is 1. The molecule has 7 heteroatoms. The van der Waals surface area contributed by atoms with E-state index in [1.54, 1.807) is 17.9 Å². The maximum atomic E-state index is 12.7. The number of rotatable bonds is 3. The minimum absolute atomic E-state index is 0.155. The van der Waals surface area contributed by atoms with Gasteiger partial charge in [0.1, 0.15) is 0 Å². The molecule has 3 aliphatic rings. The zero-order valence-electron chi connectivity index (χ0n) is 15.5. The van der Waals surface area contributed by atoms with Crippen molar-refractivity contribution in [3.63, 3.8) is 0 Å². The smallest absolute Gasteiger partial charge is 0.414 e. The Morgan fingerprint density at radius 2 is 1.89 bits per heavy atom. The zero-order valence-corrected chi connectivity index (χ0v) is 15.5. The predicted octanol–water partition coefficient (Wildman–Crippen LogP) is 3.06. The highest BCUT2D eigenvalue weighted by Gasteiger charge is 2.48. The lowest BCUT2D eigenvalue weighted by Gasteiger charge is -2.26. The van der Waals surface area contributed by atoms with Crippen LogP contribution >= 0.6 is 0 Å². The van der Waals surface area contributed by atoms with Crippen molar-refractivity contribution in [2.24, 2.45) is 5.92 Å².